The molecule has 0 fully saturated rings. The maximum atomic E-state index is 5.13. The monoisotopic (exact) mass is 298 g/mol. The van der Waals surface area contributed by atoms with Crippen LogP contribution in [0.1, 0.15) is 4.88 Å². The van der Waals surface area contributed by atoms with Crippen LogP contribution in [0.4, 0.5) is 11.6 Å². The maximum absolute atomic E-state index is 5.13. The van der Waals surface area contributed by atoms with Gasteiger partial charge in [0.15, 0.2) is 0 Å². The Morgan fingerprint density at radius 1 is 1.10 bits per heavy atom. The Labute approximate surface area is 126 Å². The first-order valence-electron chi connectivity index (χ1n) is 6.41. The quantitative estimate of drug-likeness (QED) is 0.796. The maximum Gasteiger partial charge on any atom is 0.227 e. The summed E-state index contributed by atoms with van der Waals surface area (Å²) in [4.78, 5) is 14.2. The van der Waals surface area contributed by atoms with Gasteiger partial charge in [0.25, 0.3) is 0 Å². The van der Waals surface area contributed by atoms with E-state index in [-0.39, 0.29) is 0 Å². The van der Waals surface area contributed by atoms with Crippen LogP contribution >= 0.6 is 11.3 Å². The van der Waals surface area contributed by atoms with E-state index in [1.165, 1.54) is 0 Å². The molecule has 0 atom stereocenters. The number of anilines is 2. The second kappa shape index (κ2) is 5.88. The second-order valence-corrected chi connectivity index (χ2v) is 5.63. The van der Waals surface area contributed by atoms with Crippen LogP contribution in [0, 0.1) is 6.92 Å². The van der Waals surface area contributed by atoms with Crippen LogP contribution in [-0.2, 0) is 0 Å². The third-order valence-electron chi connectivity index (χ3n) is 2.84. The third-order valence-corrected chi connectivity index (χ3v) is 3.78. The number of aryl methyl sites for hydroxylation is 1. The summed E-state index contributed by atoms with van der Waals surface area (Å²) in [6, 6.07) is 9.47. The van der Waals surface area contributed by atoms with Crippen LogP contribution < -0.4 is 10.1 Å². The first-order valence-corrected chi connectivity index (χ1v) is 7.23. The molecule has 2 aromatic heterocycles. The zero-order valence-electron chi connectivity index (χ0n) is 11.7. The van der Waals surface area contributed by atoms with Crippen LogP contribution in [0.5, 0.6) is 5.75 Å². The van der Waals surface area contributed by atoms with E-state index in [4.69, 9.17) is 4.74 Å². The highest BCUT2D eigenvalue weighted by Gasteiger charge is 2.06. The Kier molecular flexibility index (Phi) is 3.79. The van der Waals surface area contributed by atoms with Crippen molar-refractivity contribution in [3.8, 4) is 16.5 Å². The van der Waals surface area contributed by atoms with Gasteiger partial charge in [-0.25, -0.2) is 15.0 Å². The lowest BCUT2D eigenvalue weighted by Crippen LogP contribution is -1.97. The number of nitrogens with zero attached hydrogens (tertiary/aromatic N) is 3. The van der Waals surface area contributed by atoms with Gasteiger partial charge in [-0.05, 0) is 37.3 Å². The summed E-state index contributed by atoms with van der Waals surface area (Å²) in [5.74, 6) is 1.36. The van der Waals surface area contributed by atoms with Gasteiger partial charge in [0.2, 0.25) is 5.95 Å². The molecule has 0 saturated heterocycles. The Bertz CT molecular complexity index is 739. The van der Waals surface area contributed by atoms with Gasteiger partial charge in [0, 0.05) is 23.0 Å². The van der Waals surface area contributed by atoms with Gasteiger partial charge >= 0.3 is 0 Å². The molecule has 0 aliphatic carbocycles. The molecule has 0 aliphatic heterocycles. The fourth-order valence-electron chi connectivity index (χ4n) is 1.81. The predicted molar refractivity (Wildman–Crippen MR) is 84.2 cm³/mol. The number of methoxy groups -OCH3 is 1. The topological polar surface area (TPSA) is 59.9 Å². The minimum Gasteiger partial charge on any atom is -0.497 e. The zero-order valence-corrected chi connectivity index (χ0v) is 12.5. The zero-order chi connectivity index (χ0) is 14.7. The lowest BCUT2D eigenvalue weighted by atomic mass is 10.3. The van der Waals surface area contributed by atoms with Crippen molar-refractivity contribution in [3.63, 3.8) is 0 Å². The predicted octanol–water partition coefficient (Wildman–Crippen LogP) is 3.66. The minimum atomic E-state index is 0.547. The summed E-state index contributed by atoms with van der Waals surface area (Å²) in [6.45, 7) is 2.03. The average molecular weight is 298 g/mol. The number of ether oxygens (including phenoxy) is 1. The molecule has 0 radical (unpaired) electrons. The number of hydrogen-bond acceptors (Lipinski definition) is 6. The largest absolute Gasteiger partial charge is 0.497 e. The smallest absolute Gasteiger partial charge is 0.227 e. The highest BCUT2D eigenvalue weighted by molar-refractivity contribution is 7.14. The van der Waals surface area contributed by atoms with Crippen molar-refractivity contribution >= 4 is 23.0 Å². The van der Waals surface area contributed by atoms with Crippen molar-refractivity contribution < 1.29 is 4.74 Å². The Morgan fingerprint density at radius 2 is 1.90 bits per heavy atom. The lowest BCUT2D eigenvalue weighted by Gasteiger charge is -2.06. The summed E-state index contributed by atoms with van der Waals surface area (Å²) < 4.78 is 5.13. The van der Waals surface area contributed by atoms with E-state index in [1.54, 1.807) is 24.6 Å². The van der Waals surface area contributed by atoms with Crippen molar-refractivity contribution in [2.75, 3.05) is 12.4 Å². The Balaban J connectivity index is 1.82. The number of thiazole rings is 1. The number of rotatable bonds is 4. The van der Waals surface area contributed by atoms with Crippen LogP contribution in [0.3, 0.4) is 0 Å². The van der Waals surface area contributed by atoms with Crippen molar-refractivity contribution in [2.24, 2.45) is 0 Å². The fourth-order valence-corrected chi connectivity index (χ4v) is 2.55. The van der Waals surface area contributed by atoms with Gasteiger partial charge in [0.1, 0.15) is 16.5 Å². The van der Waals surface area contributed by atoms with Crippen LogP contribution in [0.15, 0.2) is 42.7 Å². The van der Waals surface area contributed by atoms with Gasteiger partial charge in [0.05, 0.1) is 7.11 Å². The number of nitrogens with one attached hydrogen (secondary N) is 1. The van der Waals surface area contributed by atoms with Crippen molar-refractivity contribution in [1.82, 2.24) is 15.0 Å². The molecule has 106 valence electrons. The second-order valence-electron chi connectivity index (χ2n) is 4.40. The normalized spacial score (nSPS) is 10.4. The first kappa shape index (κ1) is 13.5. The standard InChI is InChI=1S/C15H14N4OS/c1-10-9-17-14(21-10)13-7-8-16-15(19-13)18-11-3-5-12(20-2)6-4-11/h3-9H,1-2H3,(H,16,18,19). The molecule has 0 aliphatic rings. The van der Waals surface area contributed by atoms with Crippen LogP contribution in [0.25, 0.3) is 10.7 Å². The van der Waals surface area contributed by atoms with Gasteiger partial charge in [-0.15, -0.1) is 11.3 Å². The van der Waals surface area contributed by atoms with Crippen molar-refractivity contribution in [1.29, 1.82) is 0 Å². The van der Waals surface area contributed by atoms with Gasteiger partial charge in [-0.1, -0.05) is 0 Å². The summed E-state index contributed by atoms with van der Waals surface area (Å²) in [7, 11) is 1.64. The van der Waals surface area contributed by atoms with E-state index in [0.717, 1.165) is 27.0 Å². The van der Waals surface area contributed by atoms with E-state index in [2.05, 4.69) is 20.3 Å². The molecule has 0 saturated carbocycles. The van der Waals surface area contributed by atoms with Crippen LogP contribution in [-0.4, -0.2) is 22.1 Å². The molecule has 3 aromatic rings. The van der Waals surface area contributed by atoms with E-state index in [9.17, 15) is 0 Å². The fraction of sp³-hybridized carbons (Fsp3) is 0.133. The molecule has 6 heteroatoms. The molecule has 2 heterocycles. The van der Waals surface area contributed by atoms with E-state index < -0.39 is 0 Å². The SMILES string of the molecule is COc1ccc(Nc2nccc(-c3ncc(C)s3)n2)cc1. The third kappa shape index (κ3) is 3.17. The minimum absolute atomic E-state index is 0.547. The van der Waals surface area contributed by atoms with E-state index >= 15 is 0 Å². The Hall–Kier alpha value is -2.47. The van der Waals surface area contributed by atoms with Gasteiger partial charge in [-0.2, -0.15) is 0 Å². The lowest BCUT2D eigenvalue weighted by molar-refractivity contribution is 0.415. The molecule has 0 bridgehead atoms. The number of hydrogen-bond donors (Lipinski definition) is 1. The number of benzene rings is 1. The van der Waals surface area contributed by atoms with Gasteiger partial charge < -0.3 is 10.1 Å². The molecule has 0 amide bonds. The molecular formula is C15H14N4OS. The van der Waals surface area contributed by atoms with Gasteiger partial charge in [-0.3, -0.25) is 0 Å². The Morgan fingerprint density at radius 3 is 2.57 bits per heavy atom. The average Bonchev–Trinajstić information content (AvgIpc) is 2.95. The highest BCUT2D eigenvalue weighted by atomic mass is 32.1. The first-order chi connectivity index (χ1) is 10.2. The van der Waals surface area contributed by atoms with Crippen LogP contribution in [0.2, 0.25) is 0 Å². The molecule has 1 N–H and O–H groups in total. The van der Waals surface area contributed by atoms with E-state index in [1.807, 2.05) is 43.5 Å². The summed E-state index contributed by atoms with van der Waals surface area (Å²) in [5, 5.41) is 4.07. The summed E-state index contributed by atoms with van der Waals surface area (Å²) in [5.41, 5.74) is 1.72. The molecule has 1 aromatic carbocycles. The van der Waals surface area contributed by atoms with Crippen molar-refractivity contribution in [2.45, 2.75) is 6.92 Å². The van der Waals surface area contributed by atoms with Crippen molar-refractivity contribution in [3.05, 3.63) is 47.6 Å². The molecule has 0 unspecified atom stereocenters. The summed E-state index contributed by atoms with van der Waals surface area (Å²) in [6.07, 6.45) is 3.57. The summed E-state index contributed by atoms with van der Waals surface area (Å²) >= 11 is 1.62. The number of aromatic nitrogens is 3. The molecular weight excluding hydrogens is 284 g/mol. The molecule has 3 rings (SSSR count). The highest BCUT2D eigenvalue weighted by Crippen LogP contribution is 2.24. The van der Waals surface area contributed by atoms with E-state index in [0.29, 0.717) is 5.95 Å². The molecule has 5 nitrogen and oxygen atoms in total. The molecule has 0 spiro atoms. The molecule has 21 heavy (non-hydrogen) atoms.